The zero-order valence-corrected chi connectivity index (χ0v) is 10.3. The predicted molar refractivity (Wildman–Crippen MR) is 66.4 cm³/mol. The topological polar surface area (TPSA) is 29.1 Å². The summed E-state index contributed by atoms with van der Waals surface area (Å²) in [4.78, 5) is 11.8. The molecule has 1 atom stereocenters. The average Bonchev–Trinajstić information content (AvgIpc) is 2.81. The first-order chi connectivity index (χ1) is 7.84. The quantitative estimate of drug-likeness (QED) is 0.776. The van der Waals surface area contributed by atoms with Gasteiger partial charge in [0.1, 0.15) is 5.78 Å². The molecule has 2 heteroatoms. The zero-order chi connectivity index (χ0) is 11.2. The van der Waals surface area contributed by atoms with Gasteiger partial charge in [0, 0.05) is 12.8 Å². The summed E-state index contributed by atoms with van der Waals surface area (Å²) in [6.45, 7) is 2.31. The Labute approximate surface area is 99.2 Å². The Balaban J connectivity index is 1.59. The van der Waals surface area contributed by atoms with Crippen LogP contribution in [0.1, 0.15) is 57.8 Å². The standard InChI is InChI=1S/C14H25NO/c16-14(10-12-4-1-2-5-12)8-7-13-6-3-9-15-11-13/h12-13,15H,1-11H2. The van der Waals surface area contributed by atoms with Gasteiger partial charge < -0.3 is 5.32 Å². The van der Waals surface area contributed by atoms with Crippen molar-refractivity contribution in [3.63, 3.8) is 0 Å². The third kappa shape index (κ3) is 3.89. The molecular weight excluding hydrogens is 198 g/mol. The molecule has 0 bridgehead atoms. The fourth-order valence-corrected chi connectivity index (χ4v) is 3.17. The molecule has 1 aliphatic carbocycles. The molecule has 1 saturated heterocycles. The fraction of sp³-hybridized carbons (Fsp3) is 0.929. The van der Waals surface area contributed by atoms with Crippen LogP contribution >= 0.6 is 0 Å². The largest absolute Gasteiger partial charge is 0.316 e. The average molecular weight is 223 g/mol. The molecule has 1 unspecified atom stereocenters. The summed E-state index contributed by atoms with van der Waals surface area (Å²) in [7, 11) is 0. The highest BCUT2D eigenvalue weighted by Gasteiger charge is 2.19. The highest BCUT2D eigenvalue weighted by Crippen LogP contribution is 2.28. The number of hydrogen-bond donors (Lipinski definition) is 1. The van der Waals surface area contributed by atoms with Gasteiger partial charge in [-0.25, -0.2) is 0 Å². The Hall–Kier alpha value is -0.370. The molecule has 1 saturated carbocycles. The van der Waals surface area contributed by atoms with Crippen molar-refractivity contribution in [2.24, 2.45) is 11.8 Å². The Morgan fingerprint density at radius 1 is 1.06 bits per heavy atom. The summed E-state index contributed by atoms with van der Waals surface area (Å²) >= 11 is 0. The molecule has 2 aliphatic rings. The van der Waals surface area contributed by atoms with Crippen LogP contribution in [-0.4, -0.2) is 18.9 Å². The highest BCUT2D eigenvalue weighted by molar-refractivity contribution is 5.78. The number of Topliss-reactive ketones (excluding diaryl/α,β-unsaturated/α-hetero) is 1. The highest BCUT2D eigenvalue weighted by atomic mass is 16.1. The molecule has 1 aliphatic heterocycles. The summed E-state index contributed by atoms with van der Waals surface area (Å²) in [6.07, 6.45) is 10.8. The van der Waals surface area contributed by atoms with E-state index in [0.717, 1.165) is 37.6 Å². The molecule has 1 N–H and O–H groups in total. The van der Waals surface area contributed by atoms with E-state index < -0.39 is 0 Å². The maximum Gasteiger partial charge on any atom is 0.133 e. The van der Waals surface area contributed by atoms with Crippen LogP contribution < -0.4 is 5.32 Å². The van der Waals surface area contributed by atoms with Crippen molar-refractivity contribution in [3.8, 4) is 0 Å². The van der Waals surface area contributed by atoms with Gasteiger partial charge in [-0.2, -0.15) is 0 Å². The van der Waals surface area contributed by atoms with Gasteiger partial charge in [-0.05, 0) is 44.2 Å². The Morgan fingerprint density at radius 2 is 1.81 bits per heavy atom. The van der Waals surface area contributed by atoms with Gasteiger partial charge in [-0.1, -0.05) is 25.7 Å². The van der Waals surface area contributed by atoms with Crippen molar-refractivity contribution in [3.05, 3.63) is 0 Å². The lowest BCUT2D eigenvalue weighted by Crippen LogP contribution is -2.30. The molecule has 0 aromatic heterocycles. The molecule has 0 radical (unpaired) electrons. The van der Waals surface area contributed by atoms with Crippen LogP contribution in [0.3, 0.4) is 0 Å². The summed E-state index contributed by atoms with van der Waals surface area (Å²) in [5, 5.41) is 3.42. The van der Waals surface area contributed by atoms with Crippen LogP contribution in [0.15, 0.2) is 0 Å². The van der Waals surface area contributed by atoms with Gasteiger partial charge in [-0.15, -0.1) is 0 Å². The van der Waals surface area contributed by atoms with Crippen molar-refractivity contribution in [1.29, 1.82) is 0 Å². The van der Waals surface area contributed by atoms with Crippen LogP contribution in [-0.2, 0) is 4.79 Å². The van der Waals surface area contributed by atoms with Gasteiger partial charge >= 0.3 is 0 Å². The fourth-order valence-electron chi connectivity index (χ4n) is 3.17. The Morgan fingerprint density at radius 3 is 2.50 bits per heavy atom. The van der Waals surface area contributed by atoms with Crippen molar-refractivity contribution in [2.45, 2.75) is 57.8 Å². The van der Waals surface area contributed by atoms with Gasteiger partial charge in [0.2, 0.25) is 0 Å². The summed E-state index contributed by atoms with van der Waals surface area (Å²) in [5.74, 6) is 2.02. The van der Waals surface area contributed by atoms with E-state index in [1.54, 1.807) is 0 Å². The third-order valence-electron chi connectivity index (χ3n) is 4.22. The van der Waals surface area contributed by atoms with Crippen LogP contribution in [0.25, 0.3) is 0 Å². The van der Waals surface area contributed by atoms with E-state index in [9.17, 15) is 4.79 Å². The number of carbonyl (C=O) groups is 1. The lowest BCUT2D eigenvalue weighted by atomic mass is 9.91. The number of rotatable bonds is 5. The first kappa shape index (κ1) is 12.1. The second-order valence-electron chi connectivity index (χ2n) is 5.64. The number of carbonyl (C=O) groups excluding carboxylic acids is 1. The second-order valence-corrected chi connectivity index (χ2v) is 5.64. The van der Waals surface area contributed by atoms with E-state index in [2.05, 4.69) is 5.32 Å². The van der Waals surface area contributed by atoms with E-state index in [1.807, 2.05) is 0 Å². The summed E-state index contributed by atoms with van der Waals surface area (Å²) < 4.78 is 0. The third-order valence-corrected chi connectivity index (χ3v) is 4.22. The molecule has 0 aromatic carbocycles. The Kier molecular flexibility index (Phi) is 4.83. The number of hydrogen-bond acceptors (Lipinski definition) is 2. The van der Waals surface area contributed by atoms with Crippen molar-refractivity contribution < 1.29 is 4.79 Å². The van der Waals surface area contributed by atoms with Crippen molar-refractivity contribution >= 4 is 5.78 Å². The first-order valence-corrected chi connectivity index (χ1v) is 7.07. The molecule has 1 heterocycles. The lowest BCUT2D eigenvalue weighted by Gasteiger charge is -2.22. The van der Waals surface area contributed by atoms with E-state index in [4.69, 9.17) is 0 Å². The molecule has 0 aromatic rings. The summed E-state index contributed by atoms with van der Waals surface area (Å²) in [5.41, 5.74) is 0. The number of piperidine rings is 1. The SMILES string of the molecule is O=C(CCC1CCCNC1)CC1CCCC1. The molecular formula is C14H25NO. The smallest absolute Gasteiger partial charge is 0.133 e. The van der Waals surface area contributed by atoms with Crippen LogP contribution in [0.5, 0.6) is 0 Å². The first-order valence-electron chi connectivity index (χ1n) is 7.07. The van der Waals surface area contributed by atoms with E-state index >= 15 is 0 Å². The minimum absolute atomic E-state index is 0.525. The summed E-state index contributed by atoms with van der Waals surface area (Å²) in [6, 6.07) is 0. The lowest BCUT2D eigenvalue weighted by molar-refractivity contribution is -0.120. The molecule has 92 valence electrons. The van der Waals surface area contributed by atoms with Crippen LogP contribution in [0, 0.1) is 11.8 Å². The van der Waals surface area contributed by atoms with E-state index in [1.165, 1.54) is 45.1 Å². The Bertz CT molecular complexity index is 215. The van der Waals surface area contributed by atoms with Gasteiger partial charge in [0.25, 0.3) is 0 Å². The van der Waals surface area contributed by atoms with Gasteiger partial charge in [-0.3, -0.25) is 4.79 Å². The molecule has 2 fully saturated rings. The number of nitrogens with one attached hydrogen (secondary N) is 1. The minimum atomic E-state index is 0.525. The monoisotopic (exact) mass is 223 g/mol. The van der Waals surface area contributed by atoms with E-state index in [0.29, 0.717) is 5.78 Å². The predicted octanol–water partition coefficient (Wildman–Crippen LogP) is 2.92. The minimum Gasteiger partial charge on any atom is -0.316 e. The zero-order valence-electron chi connectivity index (χ0n) is 10.3. The maximum atomic E-state index is 11.8. The van der Waals surface area contributed by atoms with Gasteiger partial charge in [0.15, 0.2) is 0 Å². The normalized spacial score (nSPS) is 27.1. The molecule has 2 nitrogen and oxygen atoms in total. The molecule has 2 rings (SSSR count). The molecule has 0 amide bonds. The molecule has 0 spiro atoms. The van der Waals surface area contributed by atoms with Crippen molar-refractivity contribution in [1.82, 2.24) is 5.32 Å². The maximum absolute atomic E-state index is 11.8. The van der Waals surface area contributed by atoms with Crippen molar-refractivity contribution in [2.75, 3.05) is 13.1 Å². The van der Waals surface area contributed by atoms with Crippen LogP contribution in [0.2, 0.25) is 0 Å². The van der Waals surface area contributed by atoms with Crippen LogP contribution in [0.4, 0.5) is 0 Å². The van der Waals surface area contributed by atoms with Gasteiger partial charge in [0.05, 0.1) is 0 Å². The van der Waals surface area contributed by atoms with E-state index in [-0.39, 0.29) is 0 Å². The second kappa shape index (κ2) is 6.39. The number of ketones is 1. The molecule has 16 heavy (non-hydrogen) atoms.